The fourth-order valence-electron chi connectivity index (χ4n) is 3.31. The smallest absolute Gasteiger partial charge is 0.281 e. The lowest BCUT2D eigenvalue weighted by Gasteiger charge is -2.17. The molecule has 4 rings (SSSR count). The van der Waals surface area contributed by atoms with E-state index in [1.54, 1.807) is 6.21 Å². The topological polar surface area (TPSA) is 59.9 Å². The van der Waals surface area contributed by atoms with Gasteiger partial charge in [0.05, 0.1) is 10.7 Å². The largest absolute Gasteiger partial charge is 0.479 e. The minimum Gasteiger partial charge on any atom is -0.479 e. The second kappa shape index (κ2) is 10.8. The zero-order chi connectivity index (χ0) is 23.0. The van der Waals surface area contributed by atoms with E-state index in [0.29, 0.717) is 17.9 Å². The molecule has 6 heteroatoms. The molecule has 1 amide bonds. The van der Waals surface area contributed by atoms with Crippen molar-refractivity contribution in [3.05, 3.63) is 101 Å². The normalized spacial score (nSPS) is 11.9. The van der Waals surface area contributed by atoms with Gasteiger partial charge in [0.25, 0.3) is 5.91 Å². The van der Waals surface area contributed by atoms with E-state index in [1.807, 2.05) is 97.9 Å². The molecular weight excluding hydrogens is 480 g/mol. The first kappa shape index (κ1) is 22.6. The zero-order valence-corrected chi connectivity index (χ0v) is 19.7. The Morgan fingerprint density at radius 1 is 0.970 bits per heavy atom. The number of carbonyl (C=O) groups is 1. The van der Waals surface area contributed by atoms with Gasteiger partial charge in [-0.3, -0.25) is 4.79 Å². The van der Waals surface area contributed by atoms with Crippen LogP contribution in [0.3, 0.4) is 0 Å². The first-order valence-electron chi connectivity index (χ1n) is 10.6. The lowest BCUT2D eigenvalue weighted by molar-refractivity contribution is -0.128. The third kappa shape index (κ3) is 5.79. The van der Waals surface area contributed by atoms with E-state index in [9.17, 15) is 4.79 Å². The number of ether oxygens (including phenoxy) is 2. The van der Waals surface area contributed by atoms with Gasteiger partial charge in [0.15, 0.2) is 6.10 Å². The second-order valence-electron chi connectivity index (χ2n) is 7.34. The minimum atomic E-state index is -0.674. The summed E-state index contributed by atoms with van der Waals surface area (Å²) in [4.78, 5) is 12.7. The molecule has 0 spiro atoms. The van der Waals surface area contributed by atoms with Crippen LogP contribution in [0.5, 0.6) is 17.2 Å². The highest BCUT2D eigenvalue weighted by molar-refractivity contribution is 9.10. The van der Waals surface area contributed by atoms with Gasteiger partial charge in [-0.1, -0.05) is 67.6 Å². The van der Waals surface area contributed by atoms with Gasteiger partial charge in [-0.05, 0) is 69.0 Å². The van der Waals surface area contributed by atoms with Crippen molar-refractivity contribution in [1.82, 2.24) is 5.43 Å². The van der Waals surface area contributed by atoms with E-state index >= 15 is 0 Å². The SMILES string of the molecule is CCC(Oc1ccc2ccccc2c1Br)C(=O)N/N=C/c1cccc(Oc2ccccc2)c1. The Kier molecular flexibility index (Phi) is 7.37. The zero-order valence-electron chi connectivity index (χ0n) is 18.1. The van der Waals surface area contributed by atoms with E-state index in [-0.39, 0.29) is 5.91 Å². The Hall–Kier alpha value is -3.64. The Morgan fingerprint density at radius 3 is 2.55 bits per heavy atom. The average molecular weight is 503 g/mol. The van der Waals surface area contributed by atoms with Crippen LogP contribution < -0.4 is 14.9 Å². The van der Waals surface area contributed by atoms with Gasteiger partial charge < -0.3 is 9.47 Å². The lowest BCUT2D eigenvalue weighted by Crippen LogP contribution is -2.35. The Morgan fingerprint density at radius 2 is 1.73 bits per heavy atom. The molecule has 0 aromatic heterocycles. The van der Waals surface area contributed by atoms with Crippen LogP contribution in [-0.2, 0) is 4.79 Å². The van der Waals surface area contributed by atoms with Gasteiger partial charge >= 0.3 is 0 Å². The summed E-state index contributed by atoms with van der Waals surface area (Å²) >= 11 is 3.60. The molecule has 0 fully saturated rings. The highest BCUT2D eigenvalue weighted by Gasteiger charge is 2.19. The standard InChI is InChI=1S/C27H23BrN2O3/c1-2-24(33-25-16-15-20-10-6-7-14-23(20)26(25)28)27(31)30-29-18-19-9-8-13-22(17-19)32-21-11-4-3-5-12-21/h3-18,24H,2H2,1H3,(H,30,31)/b29-18+. The van der Waals surface area contributed by atoms with Crippen molar-refractivity contribution in [2.45, 2.75) is 19.4 Å². The highest BCUT2D eigenvalue weighted by atomic mass is 79.9. The monoisotopic (exact) mass is 502 g/mol. The number of hydrogen-bond donors (Lipinski definition) is 1. The fourth-order valence-corrected chi connectivity index (χ4v) is 3.89. The van der Waals surface area contributed by atoms with Gasteiger partial charge in [0, 0.05) is 0 Å². The number of hydrazone groups is 1. The van der Waals surface area contributed by atoms with Crippen molar-refractivity contribution < 1.29 is 14.3 Å². The Labute approximate surface area is 201 Å². The molecule has 0 aliphatic carbocycles. The van der Waals surface area contributed by atoms with Gasteiger partial charge in [-0.2, -0.15) is 5.10 Å². The summed E-state index contributed by atoms with van der Waals surface area (Å²) in [6.07, 6.45) is 1.41. The van der Waals surface area contributed by atoms with Crippen LogP contribution in [0.1, 0.15) is 18.9 Å². The van der Waals surface area contributed by atoms with Crippen LogP contribution in [0.15, 0.2) is 101 Å². The maximum atomic E-state index is 12.7. The van der Waals surface area contributed by atoms with E-state index in [2.05, 4.69) is 26.5 Å². The van der Waals surface area contributed by atoms with Crippen molar-refractivity contribution >= 4 is 38.8 Å². The van der Waals surface area contributed by atoms with Gasteiger partial charge in [0.1, 0.15) is 17.2 Å². The summed E-state index contributed by atoms with van der Waals surface area (Å²) in [6, 6.07) is 28.8. The summed E-state index contributed by atoms with van der Waals surface area (Å²) in [5, 5.41) is 6.22. The van der Waals surface area contributed by atoms with Crippen molar-refractivity contribution in [3.8, 4) is 17.2 Å². The van der Waals surface area contributed by atoms with Crippen LogP contribution in [-0.4, -0.2) is 18.2 Å². The Balaban J connectivity index is 1.39. The van der Waals surface area contributed by atoms with Gasteiger partial charge in [0.2, 0.25) is 0 Å². The van der Waals surface area contributed by atoms with E-state index in [0.717, 1.165) is 26.6 Å². The summed E-state index contributed by atoms with van der Waals surface area (Å²) < 4.78 is 12.7. The number of amides is 1. The highest BCUT2D eigenvalue weighted by Crippen LogP contribution is 2.33. The summed E-state index contributed by atoms with van der Waals surface area (Å²) in [7, 11) is 0. The van der Waals surface area contributed by atoms with Crippen LogP contribution in [0.4, 0.5) is 0 Å². The molecule has 1 N–H and O–H groups in total. The van der Waals surface area contributed by atoms with E-state index < -0.39 is 6.10 Å². The number of hydrogen-bond acceptors (Lipinski definition) is 4. The van der Waals surface area contributed by atoms with E-state index in [4.69, 9.17) is 9.47 Å². The molecule has 4 aromatic rings. The third-order valence-electron chi connectivity index (χ3n) is 4.99. The molecule has 0 radical (unpaired) electrons. The molecule has 33 heavy (non-hydrogen) atoms. The molecule has 5 nitrogen and oxygen atoms in total. The van der Waals surface area contributed by atoms with Crippen molar-refractivity contribution in [2.75, 3.05) is 0 Å². The number of benzene rings is 4. The molecule has 0 aliphatic heterocycles. The maximum absolute atomic E-state index is 12.7. The van der Waals surface area contributed by atoms with Gasteiger partial charge in [-0.15, -0.1) is 0 Å². The molecule has 0 saturated carbocycles. The van der Waals surface area contributed by atoms with Crippen molar-refractivity contribution in [3.63, 3.8) is 0 Å². The number of carbonyl (C=O) groups excluding carboxylic acids is 1. The predicted octanol–water partition coefficient (Wildman–Crippen LogP) is 6.70. The lowest BCUT2D eigenvalue weighted by atomic mass is 10.1. The molecule has 1 unspecified atom stereocenters. The molecule has 4 aromatic carbocycles. The molecule has 0 bridgehead atoms. The number of nitrogens with one attached hydrogen (secondary N) is 1. The summed E-state index contributed by atoms with van der Waals surface area (Å²) in [5.41, 5.74) is 3.38. The Bertz CT molecular complexity index is 1270. The second-order valence-corrected chi connectivity index (χ2v) is 8.13. The van der Waals surface area contributed by atoms with Gasteiger partial charge in [-0.25, -0.2) is 5.43 Å². The van der Waals surface area contributed by atoms with Crippen molar-refractivity contribution in [1.29, 1.82) is 0 Å². The predicted molar refractivity (Wildman–Crippen MR) is 135 cm³/mol. The van der Waals surface area contributed by atoms with E-state index in [1.165, 1.54) is 0 Å². The van der Waals surface area contributed by atoms with Crippen LogP contribution >= 0.6 is 15.9 Å². The quantitative estimate of drug-likeness (QED) is 0.215. The first-order valence-corrected chi connectivity index (χ1v) is 11.4. The number of rotatable bonds is 8. The molecule has 0 aliphatic rings. The number of halogens is 1. The molecule has 1 atom stereocenters. The van der Waals surface area contributed by atoms with Crippen LogP contribution in [0.25, 0.3) is 10.8 Å². The van der Waals surface area contributed by atoms with Crippen LogP contribution in [0, 0.1) is 0 Å². The number of fused-ring (bicyclic) bond motifs is 1. The minimum absolute atomic E-state index is 0.314. The molecular formula is C27H23BrN2O3. The summed E-state index contributed by atoms with van der Waals surface area (Å²) in [6.45, 7) is 1.90. The first-order chi connectivity index (χ1) is 16.1. The van der Waals surface area contributed by atoms with Crippen LogP contribution in [0.2, 0.25) is 0 Å². The summed E-state index contributed by atoms with van der Waals surface area (Å²) in [5.74, 6) is 1.74. The maximum Gasteiger partial charge on any atom is 0.281 e. The fraction of sp³-hybridized carbons (Fsp3) is 0.111. The molecule has 166 valence electrons. The average Bonchev–Trinajstić information content (AvgIpc) is 2.85. The van der Waals surface area contributed by atoms with Crippen molar-refractivity contribution in [2.24, 2.45) is 5.10 Å². The third-order valence-corrected chi connectivity index (χ3v) is 5.80. The molecule has 0 saturated heterocycles. The molecule has 0 heterocycles. The number of nitrogens with zero attached hydrogens (tertiary/aromatic N) is 1. The number of para-hydroxylation sites is 1.